The summed E-state index contributed by atoms with van der Waals surface area (Å²) < 4.78 is 11.6. The van der Waals surface area contributed by atoms with E-state index < -0.39 is 5.72 Å². The Bertz CT molecular complexity index is 384. The van der Waals surface area contributed by atoms with E-state index in [0.717, 1.165) is 13.1 Å². The lowest BCUT2D eigenvalue weighted by Crippen LogP contribution is -2.57. The second kappa shape index (κ2) is 6.34. The van der Waals surface area contributed by atoms with Gasteiger partial charge in [-0.1, -0.05) is 13.8 Å². The van der Waals surface area contributed by atoms with Crippen LogP contribution in [-0.2, 0) is 14.3 Å². The number of aliphatic hydroxyl groups excluding tert-OH is 1. The van der Waals surface area contributed by atoms with Crippen LogP contribution < -0.4 is 0 Å². The molecule has 0 aromatic carbocycles. The van der Waals surface area contributed by atoms with Gasteiger partial charge in [-0.3, -0.25) is 4.84 Å². The molecule has 2 aliphatic rings. The summed E-state index contributed by atoms with van der Waals surface area (Å²) in [5, 5.41) is 11.4. The number of aliphatic hydroxyl groups is 1. The van der Waals surface area contributed by atoms with Crippen LogP contribution in [0, 0.1) is 5.41 Å². The van der Waals surface area contributed by atoms with Crippen LogP contribution in [0.4, 0.5) is 0 Å². The van der Waals surface area contributed by atoms with Gasteiger partial charge >= 0.3 is 0 Å². The lowest BCUT2D eigenvalue weighted by atomic mass is 9.86. The van der Waals surface area contributed by atoms with Gasteiger partial charge in [0.2, 0.25) is 0 Å². The highest BCUT2D eigenvalue weighted by atomic mass is 16.7. The molecule has 1 atom stereocenters. The Morgan fingerprint density at radius 2 is 1.68 bits per heavy atom. The van der Waals surface area contributed by atoms with Crippen LogP contribution in [0.3, 0.4) is 0 Å². The summed E-state index contributed by atoms with van der Waals surface area (Å²) in [6.07, 6.45) is 0.484. The SMILES string of the molecule is CC(C)(CCO)C(ON1CCOC1(C)C)N1CCOC1(C)C. The molecule has 130 valence electrons. The standard InChI is InChI=1S/C16H32N2O4/c1-14(2,7-10-19)13(17-8-11-20-15(17,3)4)22-18-9-12-21-16(18,5)6/h13,19H,7-12H2,1-6H3. The van der Waals surface area contributed by atoms with Gasteiger partial charge in [-0.05, 0) is 34.1 Å². The summed E-state index contributed by atoms with van der Waals surface area (Å²) in [6, 6.07) is 0. The van der Waals surface area contributed by atoms with E-state index in [2.05, 4.69) is 32.6 Å². The molecule has 0 aromatic heterocycles. The molecule has 0 bridgehead atoms. The molecule has 2 rings (SSSR count). The Labute approximate surface area is 134 Å². The van der Waals surface area contributed by atoms with Crippen molar-refractivity contribution in [2.24, 2.45) is 5.41 Å². The molecule has 2 saturated heterocycles. The number of hydroxylamine groups is 2. The van der Waals surface area contributed by atoms with Crippen molar-refractivity contribution in [2.75, 3.05) is 32.9 Å². The highest BCUT2D eigenvalue weighted by Gasteiger charge is 2.48. The van der Waals surface area contributed by atoms with Gasteiger partial charge in [0.05, 0.1) is 19.8 Å². The molecule has 6 heteroatoms. The van der Waals surface area contributed by atoms with Crippen LogP contribution in [-0.4, -0.2) is 65.7 Å². The Balaban J connectivity index is 2.22. The van der Waals surface area contributed by atoms with Gasteiger partial charge in [-0.15, -0.1) is 0 Å². The summed E-state index contributed by atoms with van der Waals surface area (Å²) in [4.78, 5) is 8.65. The topological polar surface area (TPSA) is 54.4 Å². The molecule has 0 aliphatic carbocycles. The van der Waals surface area contributed by atoms with E-state index in [0.29, 0.717) is 19.6 Å². The average molecular weight is 316 g/mol. The van der Waals surface area contributed by atoms with Gasteiger partial charge in [-0.2, -0.15) is 5.06 Å². The van der Waals surface area contributed by atoms with Gasteiger partial charge in [-0.25, -0.2) is 4.90 Å². The van der Waals surface area contributed by atoms with Crippen molar-refractivity contribution in [2.45, 2.75) is 65.6 Å². The number of nitrogens with zero attached hydrogens (tertiary/aromatic N) is 2. The molecule has 0 amide bonds. The fourth-order valence-corrected chi connectivity index (χ4v) is 3.20. The molecule has 0 saturated carbocycles. The van der Waals surface area contributed by atoms with E-state index >= 15 is 0 Å². The zero-order valence-electron chi connectivity index (χ0n) is 14.9. The summed E-state index contributed by atoms with van der Waals surface area (Å²) >= 11 is 0. The first-order valence-electron chi connectivity index (χ1n) is 8.20. The van der Waals surface area contributed by atoms with Gasteiger partial charge in [0, 0.05) is 18.6 Å². The Morgan fingerprint density at radius 1 is 1.09 bits per heavy atom. The predicted octanol–water partition coefficient (Wildman–Crippen LogP) is 1.79. The van der Waals surface area contributed by atoms with E-state index in [1.165, 1.54) is 0 Å². The first-order chi connectivity index (χ1) is 10.1. The molecule has 1 unspecified atom stereocenters. The summed E-state index contributed by atoms with van der Waals surface area (Å²) in [5.41, 5.74) is -1.02. The van der Waals surface area contributed by atoms with Crippen molar-refractivity contribution < 1.29 is 19.4 Å². The lowest BCUT2D eigenvalue weighted by molar-refractivity contribution is -0.331. The van der Waals surface area contributed by atoms with Crippen molar-refractivity contribution in [1.82, 2.24) is 9.96 Å². The molecule has 0 radical (unpaired) electrons. The molecule has 6 nitrogen and oxygen atoms in total. The van der Waals surface area contributed by atoms with Crippen LogP contribution >= 0.6 is 0 Å². The zero-order chi connectivity index (χ0) is 16.6. The van der Waals surface area contributed by atoms with Crippen molar-refractivity contribution in [3.63, 3.8) is 0 Å². The van der Waals surface area contributed by atoms with Gasteiger partial charge in [0.25, 0.3) is 0 Å². The molecule has 2 heterocycles. The largest absolute Gasteiger partial charge is 0.396 e. The number of rotatable bonds is 6. The Kier molecular flexibility index (Phi) is 5.22. The van der Waals surface area contributed by atoms with Crippen LogP contribution in [0.2, 0.25) is 0 Å². The third kappa shape index (κ3) is 3.63. The molecule has 1 N–H and O–H groups in total. The minimum absolute atomic E-state index is 0.141. The van der Waals surface area contributed by atoms with Gasteiger partial charge in [0.15, 0.2) is 0 Å². The fraction of sp³-hybridized carbons (Fsp3) is 1.00. The molecular formula is C16H32N2O4. The normalized spacial score (nSPS) is 27.4. The van der Waals surface area contributed by atoms with Crippen LogP contribution in [0.15, 0.2) is 0 Å². The molecular weight excluding hydrogens is 284 g/mol. The van der Waals surface area contributed by atoms with E-state index in [1.54, 1.807) is 0 Å². The highest BCUT2D eigenvalue weighted by Crippen LogP contribution is 2.38. The smallest absolute Gasteiger partial charge is 0.140 e. The molecule has 2 fully saturated rings. The molecule has 0 aromatic rings. The summed E-state index contributed by atoms with van der Waals surface area (Å²) in [6.45, 7) is 15.5. The van der Waals surface area contributed by atoms with Crippen LogP contribution in [0.5, 0.6) is 0 Å². The van der Waals surface area contributed by atoms with Crippen molar-refractivity contribution in [3.05, 3.63) is 0 Å². The van der Waals surface area contributed by atoms with Gasteiger partial charge < -0.3 is 14.6 Å². The maximum Gasteiger partial charge on any atom is 0.140 e. The van der Waals surface area contributed by atoms with Crippen molar-refractivity contribution in [3.8, 4) is 0 Å². The van der Waals surface area contributed by atoms with E-state index in [-0.39, 0.29) is 24.0 Å². The van der Waals surface area contributed by atoms with Crippen molar-refractivity contribution in [1.29, 1.82) is 0 Å². The fourth-order valence-electron chi connectivity index (χ4n) is 3.20. The third-order valence-electron chi connectivity index (χ3n) is 4.76. The van der Waals surface area contributed by atoms with E-state index in [9.17, 15) is 5.11 Å². The van der Waals surface area contributed by atoms with Crippen LogP contribution in [0.1, 0.15) is 48.0 Å². The maximum absolute atomic E-state index is 9.44. The van der Waals surface area contributed by atoms with Crippen LogP contribution in [0.25, 0.3) is 0 Å². The van der Waals surface area contributed by atoms with E-state index in [1.807, 2.05) is 18.9 Å². The number of hydrogen-bond donors (Lipinski definition) is 1. The molecule has 22 heavy (non-hydrogen) atoms. The minimum atomic E-state index is -0.432. The number of ether oxygens (including phenoxy) is 2. The zero-order valence-corrected chi connectivity index (χ0v) is 14.9. The van der Waals surface area contributed by atoms with Gasteiger partial charge in [0.1, 0.15) is 17.7 Å². The molecule has 0 spiro atoms. The second-order valence-corrected chi connectivity index (χ2v) is 7.81. The quantitative estimate of drug-likeness (QED) is 0.806. The maximum atomic E-state index is 9.44. The first-order valence-corrected chi connectivity index (χ1v) is 8.20. The number of hydrogen-bond acceptors (Lipinski definition) is 6. The summed E-state index contributed by atoms with van der Waals surface area (Å²) in [7, 11) is 0. The lowest BCUT2D eigenvalue weighted by Gasteiger charge is -2.46. The first kappa shape index (κ1) is 18.1. The Hall–Kier alpha value is -0.240. The van der Waals surface area contributed by atoms with E-state index in [4.69, 9.17) is 14.3 Å². The van der Waals surface area contributed by atoms with Crippen molar-refractivity contribution >= 4 is 0 Å². The summed E-state index contributed by atoms with van der Waals surface area (Å²) in [5.74, 6) is 0. The second-order valence-electron chi connectivity index (χ2n) is 7.81. The predicted molar refractivity (Wildman–Crippen MR) is 83.8 cm³/mol. The average Bonchev–Trinajstić information content (AvgIpc) is 2.88. The molecule has 2 aliphatic heterocycles. The monoisotopic (exact) mass is 316 g/mol. The minimum Gasteiger partial charge on any atom is -0.396 e. The third-order valence-corrected chi connectivity index (χ3v) is 4.76. The Morgan fingerprint density at radius 3 is 2.14 bits per heavy atom. The highest BCUT2D eigenvalue weighted by molar-refractivity contribution is 4.88.